The fourth-order valence-corrected chi connectivity index (χ4v) is 3.32. The minimum Gasteiger partial charge on any atom is -0.493 e. The Morgan fingerprint density at radius 1 is 1.27 bits per heavy atom. The molecule has 0 bridgehead atoms. The van der Waals surface area contributed by atoms with Crippen molar-refractivity contribution >= 4 is 23.5 Å². The molecule has 10 heteroatoms. The van der Waals surface area contributed by atoms with Crippen LogP contribution in [0.5, 0.6) is 17.2 Å². The predicted molar refractivity (Wildman–Crippen MR) is 114 cm³/mol. The molecular weight excluding hydrogens is 408 g/mol. The Kier molecular flexibility index (Phi) is 6.81. The molecule has 2 N–H and O–H groups in total. The van der Waals surface area contributed by atoms with Gasteiger partial charge in [-0.15, -0.1) is 11.3 Å². The third-order valence-corrected chi connectivity index (χ3v) is 4.82. The SMILES string of the molecule is CCOc1c(OC)cc(/C=N/NC(=O)c2cc(-c3cccs3)[nH]c(=O)n2)cc1OC. The second-order valence-electron chi connectivity index (χ2n) is 5.85. The molecule has 0 saturated heterocycles. The Balaban J connectivity index is 1.79. The molecule has 2 aromatic heterocycles. The molecule has 9 nitrogen and oxygen atoms in total. The average molecular weight is 428 g/mol. The summed E-state index contributed by atoms with van der Waals surface area (Å²) in [6, 6.07) is 8.58. The van der Waals surface area contributed by atoms with Crippen molar-refractivity contribution in [3.8, 4) is 27.8 Å². The van der Waals surface area contributed by atoms with E-state index in [4.69, 9.17) is 14.2 Å². The Morgan fingerprint density at radius 3 is 2.60 bits per heavy atom. The first-order chi connectivity index (χ1) is 14.5. The van der Waals surface area contributed by atoms with Gasteiger partial charge in [-0.1, -0.05) is 6.07 Å². The molecule has 3 rings (SSSR count). The van der Waals surface area contributed by atoms with Crippen LogP contribution in [0.15, 0.2) is 45.6 Å². The van der Waals surface area contributed by atoms with Crippen molar-refractivity contribution in [2.24, 2.45) is 5.10 Å². The third-order valence-electron chi connectivity index (χ3n) is 3.92. The van der Waals surface area contributed by atoms with Gasteiger partial charge in [-0.05, 0) is 36.6 Å². The number of nitrogens with one attached hydrogen (secondary N) is 2. The summed E-state index contributed by atoms with van der Waals surface area (Å²) >= 11 is 1.44. The van der Waals surface area contributed by atoms with Crippen molar-refractivity contribution in [3.05, 3.63) is 57.5 Å². The Hall–Kier alpha value is -3.66. The molecule has 0 atom stereocenters. The van der Waals surface area contributed by atoms with E-state index in [0.717, 1.165) is 4.88 Å². The van der Waals surface area contributed by atoms with Crippen LogP contribution in [0, 0.1) is 0 Å². The zero-order valence-electron chi connectivity index (χ0n) is 16.6. The lowest BCUT2D eigenvalue weighted by Gasteiger charge is -2.14. The molecule has 0 unspecified atom stereocenters. The van der Waals surface area contributed by atoms with Crippen LogP contribution in [-0.2, 0) is 0 Å². The van der Waals surface area contributed by atoms with E-state index in [1.54, 1.807) is 12.1 Å². The summed E-state index contributed by atoms with van der Waals surface area (Å²) in [7, 11) is 3.04. The van der Waals surface area contributed by atoms with Crippen LogP contribution in [0.4, 0.5) is 0 Å². The number of rotatable bonds is 8. The van der Waals surface area contributed by atoms with Gasteiger partial charge in [0.15, 0.2) is 11.5 Å². The average Bonchev–Trinajstić information content (AvgIpc) is 3.29. The number of hydrogen-bond acceptors (Lipinski definition) is 8. The van der Waals surface area contributed by atoms with Crippen LogP contribution < -0.4 is 25.3 Å². The molecule has 0 fully saturated rings. The summed E-state index contributed by atoms with van der Waals surface area (Å²) in [6.45, 7) is 2.31. The van der Waals surface area contributed by atoms with Crippen molar-refractivity contribution in [1.82, 2.24) is 15.4 Å². The van der Waals surface area contributed by atoms with E-state index < -0.39 is 11.6 Å². The van der Waals surface area contributed by atoms with E-state index in [9.17, 15) is 9.59 Å². The van der Waals surface area contributed by atoms with Crippen LogP contribution in [0.1, 0.15) is 23.0 Å². The summed E-state index contributed by atoms with van der Waals surface area (Å²) in [5, 5.41) is 5.81. The first-order valence-electron chi connectivity index (χ1n) is 8.93. The van der Waals surface area contributed by atoms with Crippen LogP contribution in [0.3, 0.4) is 0 Å². The Bertz CT molecular complexity index is 1080. The van der Waals surface area contributed by atoms with Crippen LogP contribution >= 0.6 is 11.3 Å². The number of carbonyl (C=O) groups is 1. The summed E-state index contributed by atoms with van der Waals surface area (Å²) in [4.78, 5) is 31.3. The number of benzene rings is 1. The lowest BCUT2D eigenvalue weighted by atomic mass is 10.2. The number of nitrogens with zero attached hydrogens (tertiary/aromatic N) is 2. The number of aromatic amines is 1. The molecule has 0 spiro atoms. The van der Waals surface area contributed by atoms with Crippen LogP contribution in [0.25, 0.3) is 10.6 Å². The lowest BCUT2D eigenvalue weighted by Crippen LogP contribution is -2.24. The maximum Gasteiger partial charge on any atom is 0.346 e. The van der Waals surface area contributed by atoms with Crippen molar-refractivity contribution in [3.63, 3.8) is 0 Å². The van der Waals surface area contributed by atoms with E-state index in [0.29, 0.717) is 35.1 Å². The zero-order chi connectivity index (χ0) is 21.5. The molecule has 0 saturated carbocycles. The van der Waals surface area contributed by atoms with Gasteiger partial charge >= 0.3 is 5.69 Å². The minimum absolute atomic E-state index is 0.0406. The standard InChI is InChI=1S/C20H20N4O5S/c1-4-29-18-15(27-2)8-12(9-16(18)28-3)11-21-24-19(25)14-10-13(22-20(26)23-14)17-6-5-7-30-17/h5-11H,4H2,1-3H3,(H,24,25)(H,22,23,26)/b21-11+. The maximum absolute atomic E-state index is 12.4. The van der Waals surface area contributed by atoms with Gasteiger partial charge in [-0.2, -0.15) is 10.1 Å². The van der Waals surface area contributed by atoms with Gasteiger partial charge in [0.05, 0.1) is 37.6 Å². The van der Waals surface area contributed by atoms with Gasteiger partial charge in [0.2, 0.25) is 5.75 Å². The highest BCUT2D eigenvalue weighted by Gasteiger charge is 2.14. The van der Waals surface area contributed by atoms with Crippen molar-refractivity contribution < 1.29 is 19.0 Å². The quantitative estimate of drug-likeness (QED) is 0.421. The molecule has 156 valence electrons. The maximum atomic E-state index is 12.4. The predicted octanol–water partition coefficient (Wildman–Crippen LogP) is 2.68. The van der Waals surface area contributed by atoms with Gasteiger partial charge in [0.1, 0.15) is 5.69 Å². The molecule has 0 aliphatic heterocycles. The van der Waals surface area contributed by atoms with Crippen LogP contribution in [-0.4, -0.2) is 42.9 Å². The van der Waals surface area contributed by atoms with Crippen molar-refractivity contribution in [2.75, 3.05) is 20.8 Å². The molecule has 0 aliphatic rings. The monoisotopic (exact) mass is 428 g/mol. The Labute approximate surface area is 176 Å². The summed E-state index contributed by atoms with van der Waals surface area (Å²) < 4.78 is 16.2. The first-order valence-corrected chi connectivity index (χ1v) is 9.81. The highest BCUT2D eigenvalue weighted by atomic mass is 32.1. The second kappa shape index (κ2) is 9.70. The number of hydrogen-bond donors (Lipinski definition) is 2. The lowest BCUT2D eigenvalue weighted by molar-refractivity contribution is 0.0949. The minimum atomic E-state index is -0.615. The smallest absolute Gasteiger partial charge is 0.346 e. The highest BCUT2D eigenvalue weighted by Crippen LogP contribution is 2.38. The zero-order valence-corrected chi connectivity index (χ0v) is 17.4. The summed E-state index contributed by atoms with van der Waals surface area (Å²) in [5.41, 5.74) is 2.84. The van der Waals surface area contributed by atoms with E-state index >= 15 is 0 Å². The van der Waals surface area contributed by atoms with E-state index in [1.165, 1.54) is 37.8 Å². The molecule has 30 heavy (non-hydrogen) atoms. The number of amides is 1. The number of ether oxygens (including phenoxy) is 3. The van der Waals surface area contributed by atoms with Crippen LogP contribution in [0.2, 0.25) is 0 Å². The van der Waals surface area contributed by atoms with Crippen molar-refractivity contribution in [2.45, 2.75) is 6.92 Å². The molecular formula is C20H20N4O5S. The van der Waals surface area contributed by atoms with Gasteiger partial charge in [-0.3, -0.25) is 4.79 Å². The summed E-state index contributed by atoms with van der Waals surface area (Å²) in [6.07, 6.45) is 1.42. The first kappa shape index (κ1) is 21.1. The fraction of sp³-hybridized carbons (Fsp3) is 0.200. The van der Waals surface area contributed by atoms with E-state index in [2.05, 4.69) is 20.5 Å². The van der Waals surface area contributed by atoms with Gasteiger partial charge < -0.3 is 19.2 Å². The Morgan fingerprint density at radius 2 is 2.00 bits per heavy atom. The molecule has 0 aliphatic carbocycles. The molecule has 1 amide bonds. The molecule has 1 aromatic carbocycles. The van der Waals surface area contributed by atoms with Crippen molar-refractivity contribution in [1.29, 1.82) is 0 Å². The topological polar surface area (TPSA) is 115 Å². The number of hydrazone groups is 1. The summed E-state index contributed by atoms with van der Waals surface area (Å²) in [5.74, 6) is 0.819. The molecule has 3 aromatic rings. The highest BCUT2D eigenvalue weighted by molar-refractivity contribution is 7.13. The molecule has 0 radical (unpaired) electrons. The number of thiophene rings is 1. The largest absolute Gasteiger partial charge is 0.493 e. The molecule has 2 heterocycles. The number of H-pyrrole nitrogens is 1. The fourth-order valence-electron chi connectivity index (χ4n) is 2.62. The number of carbonyl (C=O) groups excluding carboxylic acids is 1. The van der Waals surface area contributed by atoms with E-state index in [-0.39, 0.29) is 5.69 Å². The van der Waals surface area contributed by atoms with Gasteiger partial charge in [0, 0.05) is 5.56 Å². The normalized spacial score (nSPS) is 10.8. The second-order valence-corrected chi connectivity index (χ2v) is 6.80. The number of methoxy groups -OCH3 is 2. The number of aromatic nitrogens is 2. The van der Waals surface area contributed by atoms with Gasteiger partial charge in [-0.25, -0.2) is 10.2 Å². The third kappa shape index (κ3) is 4.84. The van der Waals surface area contributed by atoms with E-state index in [1.807, 2.05) is 24.4 Å². The van der Waals surface area contributed by atoms with Gasteiger partial charge in [0.25, 0.3) is 5.91 Å².